The Balaban J connectivity index is 2.20. The second kappa shape index (κ2) is 5.12. The number of hydrogen-bond acceptors (Lipinski definition) is 1. The van der Waals surface area contributed by atoms with E-state index >= 15 is 0 Å². The lowest BCUT2D eigenvalue weighted by atomic mass is 9.87. The molecular formula is C16H25N. The monoisotopic (exact) mass is 231 g/mol. The maximum atomic E-state index is 2.56. The molecule has 17 heavy (non-hydrogen) atoms. The molecule has 0 unspecified atom stereocenters. The Bertz CT molecular complexity index is 354. The van der Waals surface area contributed by atoms with Crippen LogP contribution in [0.1, 0.15) is 52.0 Å². The van der Waals surface area contributed by atoms with E-state index in [2.05, 4.69) is 49.9 Å². The Hall–Kier alpha value is -0.980. The molecule has 0 radical (unpaired) electrons. The highest BCUT2D eigenvalue weighted by molar-refractivity contribution is 5.50. The second-order valence-electron chi connectivity index (χ2n) is 6.20. The molecule has 0 amide bonds. The molecule has 1 saturated heterocycles. The van der Waals surface area contributed by atoms with E-state index in [1.807, 2.05) is 0 Å². The molecule has 1 aromatic rings. The summed E-state index contributed by atoms with van der Waals surface area (Å²) in [5.74, 6) is 0. The van der Waals surface area contributed by atoms with E-state index in [1.165, 1.54) is 50.0 Å². The zero-order valence-corrected chi connectivity index (χ0v) is 11.5. The standard InChI is InChI=1S/C16H25N/c1-16(2,3)14-9-8-10-15(13-14)17-11-6-4-5-7-12-17/h8-10,13H,4-7,11-12H2,1-3H3. The number of hydrogen-bond donors (Lipinski definition) is 0. The molecule has 2 rings (SSSR count). The molecule has 0 saturated carbocycles. The van der Waals surface area contributed by atoms with Gasteiger partial charge in [-0.1, -0.05) is 45.7 Å². The van der Waals surface area contributed by atoms with Crippen molar-refractivity contribution < 1.29 is 0 Å². The normalized spacial score (nSPS) is 17.9. The number of benzene rings is 1. The van der Waals surface area contributed by atoms with Gasteiger partial charge in [0, 0.05) is 18.8 Å². The van der Waals surface area contributed by atoms with Crippen LogP contribution in [0.5, 0.6) is 0 Å². The van der Waals surface area contributed by atoms with Crippen molar-refractivity contribution >= 4 is 5.69 Å². The lowest BCUT2D eigenvalue weighted by Gasteiger charge is -2.26. The quantitative estimate of drug-likeness (QED) is 0.694. The predicted molar refractivity (Wildman–Crippen MR) is 75.8 cm³/mol. The molecule has 1 heterocycles. The fourth-order valence-corrected chi connectivity index (χ4v) is 2.50. The summed E-state index contributed by atoms with van der Waals surface area (Å²) in [5.41, 5.74) is 3.11. The van der Waals surface area contributed by atoms with Crippen LogP contribution in [0.25, 0.3) is 0 Å². The first-order valence-corrected chi connectivity index (χ1v) is 6.93. The van der Waals surface area contributed by atoms with E-state index in [0.717, 1.165) is 0 Å². The topological polar surface area (TPSA) is 3.24 Å². The van der Waals surface area contributed by atoms with Crippen LogP contribution in [0, 0.1) is 0 Å². The maximum Gasteiger partial charge on any atom is 0.0369 e. The van der Waals surface area contributed by atoms with Crippen molar-refractivity contribution in [2.75, 3.05) is 18.0 Å². The van der Waals surface area contributed by atoms with Crippen molar-refractivity contribution in [1.82, 2.24) is 0 Å². The van der Waals surface area contributed by atoms with E-state index in [9.17, 15) is 0 Å². The van der Waals surface area contributed by atoms with Gasteiger partial charge in [-0.3, -0.25) is 0 Å². The van der Waals surface area contributed by atoms with Crippen molar-refractivity contribution in [2.24, 2.45) is 0 Å². The van der Waals surface area contributed by atoms with Crippen LogP contribution in [0.15, 0.2) is 24.3 Å². The second-order valence-corrected chi connectivity index (χ2v) is 6.20. The Morgan fingerprint density at radius 1 is 0.941 bits per heavy atom. The molecule has 0 aliphatic carbocycles. The van der Waals surface area contributed by atoms with Gasteiger partial charge in [-0.25, -0.2) is 0 Å². The largest absolute Gasteiger partial charge is 0.372 e. The van der Waals surface area contributed by atoms with Crippen LogP contribution in [0.3, 0.4) is 0 Å². The van der Waals surface area contributed by atoms with Crippen LogP contribution in [-0.4, -0.2) is 13.1 Å². The third-order valence-electron chi connectivity index (χ3n) is 3.68. The first kappa shape index (κ1) is 12.5. The minimum absolute atomic E-state index is 0.252. The molecule has 0 N–H and O–H groups in total. The van der Waals surface area contributed by atoms with Gasteiger partial charge >= 0.3 is 0 Å². The van der Waals surface area contributed by atoms with Crippen molar-refractivity contribution in [2.45, 2.75) is 51.9 Å². The highest BCUT2D eigenvalue weighted by atomic mass is 15.1. The van der Waals surface area contributed by atoms with Gasteiger partial charge in [0.1, 0.15) is 0 Å². The van der Waals surface area contributed by atoms with Crippen LogP contribution >= 0.6 is 0 Å². The van der Waals surface area contributed by atoms with Crippen molar-refractivity contribution in [1.29, 1.82) is 0 Å². The summed E-state index contributed by atoms with van der Waals surface area (Å²) in [6.45, 7) is 9.32. The van der Waals surface area contributed by atoms with Crippen LogP contribution in [0.2, 0.25) is 0 Å². The average Bonchev–Trinajstić information content (AvgIpc) is 2.56. The molecule has 1 aliphatic rings. The van der Waals surface area contributed by atoms with Gasteiger partial charge in [-0.2, -0.15) is 0 Å². The molecule has 1 fully saturated rings. The Morgan fingerprint density at radius 2 is 1.59 bits per heavy atom. The van der Waals surface area contributed by atoms with Crippen LogP contribution in [0.4, 0.5) is 5.69 Å². The maximum absolute atomic E-state index is 2.56. The summed E-state index contributed by atoms with van der Waals surface area (Å²) in [6, 6.07) is 9.11. The third-order valence-corrected chi connectivity index (χ3v) is 3.68. The number of rotatable bonds is 1. The molecule has 0 atom stereocenters. The van der Waals surface area contributed by atoms with Gasteiger partial charge in [0.25, 0.3) is 0 Å². The van der Waals surface area contributed by atoms with Crippen molar-refractivity contribution in [3.05, 3.63) is 29.8 Å². The SMILES string of the molecule is CC(C)(C)c1cccc(N2CCCCCC2)c1. The molecule has 1 aliphatic heterocycles. The summed E-state index contributed by atoms with van der Waals surface area (Å²) in [7, 11) is 0. The van der Waals surface area contributed by atoms with Gasteiger partial charge in [0.2, 0.25) is 0 Å². The van der Waals surface area contributed by atoms with E-state index in [-0.39, 0.29) is 5.41 Å². The fourth-order valence-electron chi connectivity index (χ4n) is 2.50. The van der Waals surface area contributed by atoms with Gasteiger partial charge in [-0.05, 0) is 36.0 Å². The minimum Gasteiger partial charge on any atom is -0.372 e. The first-order chi connectivity index (χ1) is 8.07. The molecule has 0 spiro atoms. The van der Waals surface area contributed by atoms with Crippen LogP contribution < -0.4 is 4.90 Å². The zero-order valence-electron chi connectivity index (χ0n) is 11.5. The average molecular weight is 231 g/mol. The fraction of sp³-hybridized carbons (Fsp3) is 0.625. The lowest BCUT2D eigenvalue weighted by Crippen LogP contribution is -2.24. The lowest BCUT2D eigenvalue weighted by molar-refractivity contribution is 0.590. The van der Waals surface area contributed by atoms with Crippen molar-refractivity contribution in [3.8, 4) is 0 Å². The summed E-state index contributed by atoms with van der Waals surface area (Å²) in [5, 5.41) is 0. The zero-order chi connectivity index (χ0) is 12.3. The van der Waals surface area contributed by atoms with Gasteiger partial charge in [0.15, 0.2) is 0 Å². The van der Waals surface area contributed by atoms with E-state index in [1.54, 1.807) is 0 Å². The Morgan fingerprint density at radius 3 is 2.18 bits per heavy atom. The Kier molecular flexibility index (Phi) is 3.76. The molecule has 0 bridgehead atoms. The van der Waals surface area contributed by atoms with E-state index in [4.69, 9.17) is 0 Å². The summed E-state index contributed by atoms with van der Waals surface area (Å²) >= 11 is 0. The summed E-state index contributed by atoms with van der Waals surface area (Å²) < 4.78 is 0. The predicted octanol–water partition coefficient (Wildman–Crippen LogP) is 4.36. The van der Waals surface area contributed by atoms with Gasteiger partial charge < -0.3 is 4.90 Å². The summed E-state index contributed by atoms with van der Waals surface area (Å²) in [4.78, 5) is 2.56. The highest BCUT2D eigenvalue weighted by Gasteiger charge is 2.16. The number of anilines is 1. The van der Waals surface area contributed by atoms with E-state index in [0.29, 0.717) is 0 Å². The van der Waals surface area contributed by atoms with Gasteiger partial charge in [-0.15, -0.1) is 0 Å². The van der Waals surface area contributed by atoms with E-state index < -0.39 is 0 Å². The highest BCUT2D eigenvalue weighted by Crippen LogP contribution is 2.27. The molecule has 1 nitrogen and oxygen atoms in total. The smallest absolute Gasteiger partial charge is 0.0369 e. The van der Waals surface area contributed by atoms with Crippen molar-refractivity contribution in [3.63, 3.8) is 0 Å². The minimum atomic E-state index is 0.252. The molecule has 94 valence electrons. The number of nitrogens with zero attached hydrogens (tertiary/aromatic N) is 1. The third kappa shape index (κ3) is 3.24. The van der Waals surface area contributed by atoms with Gasteiger partial charge in [0.05, 0.1) is 0 Å². The molecule has 1 aromatic carbocycles. The van der Waals surface area contributed by atoms with Crippen LogP contribution in [-0.2, 0) is 5.41 Å². The Labute approximate surface area is 106 Å². The first-order valence-electron chi connectivity index (χ1n) is 6.93. The summed E-state index contributed by atoms with van der Waals surface area (Å²) in [6.07, 6.45) is 5.49. The molecule has 0 aromatic heterocycles. The molecular weight excluding hydrogens is 206 g/mol. The molecule has 1 heteroatoms.